The molecule has 9 rings (SSSR count). The van der Waals surface area contributed by atoms with Crippen LogP contribution >= 0.6 is 0 Å². The number of fused-ring (bicyclic) bond motifs is 9. The van der Waals surface area contributed by atoms with Gasteiger partial charge in [0.05, 0.1) is 28.2 Å². The van der Waals surface area contributed by atoms with Crippen LogP contribution in [-0.2, 0) is 5.41 Å². The van der Waals surface area contributed by atoms with E-state index in [0.29, 0.717) is 5.82 Å². The Bertz CT molecular complexity index is 2130. The van der Waals surface area contributed by atoms with E-state index in [1.807, 2.05) is 36.7 Å². The first-order valence-corrected chi connectivity index (χ1v) is 14.9. The van der Waals surface area contributed by atoms with Gasteiger partial charge in [-0.25, -0.2) is 9.97 Å². The van der Waals surface area contributed by atoms with Crippen molar-refractivity contribution >= 4 is 17.1 Å². The van der Waals surface area contributed by atoms with Gasteiger partial charge in [0.15, 0.2) is 5.82 Å². The Kier molecular flexibility index (Phi) is 5.38. The van der Waals surface area contributed by atoms with Gasteiger partial charge in [0, 0.05) is 34.8 Å². The maximum absolute atomic E-state index is 5.55. The second-order valence-electron chi connectivity index (χ2n) is 11.2. The fourth-order valence-corrected chi connectivity index (χ4v) is 7.22. The third-order valence-electron chi connectivity index (χ3n) is 8.94. The molecule has 0 N–H and O–H groups in total. The number of rotatable bonds is 3. The second-order valence-corrected chi connectivity index (χ2v) is 11.2. The van der Waals surface area contributed by atoms with Gasteiger partial charge in [-0.2, -0.15) is 0 Å². The van der Waals surface area contributed by atoms with Crippen molar-refractivity contribution in [3.05, 3.63) is 180 Å². The molecule has 4 nitrogen and oxygen atoms in total. The lowest BCUT2D eigenvalue weighted by Crippen LogP contribution is -2.37. The van der Waals surface area contributed by atoms with Crippen molar-refractivity contribution in [2.45, 2.75) is 5.41 Å². The topological polar surface area (TPSA) is 41.9 Å². The predicted molar refractivity (Wildman–Crippen MR) is 176 cm³/mol. The Morgan fingerprint density at radius 1 is 0.500 bits per heavy atom. The zero-order chi connectivity index (χ0) is 29.1. The lowest BCUT2D eigenvalue weighted by atomic mass is 9.66. The molecule has 0 amide bonds. The fourth-order valence-electron chi connectivity index (χ4n) is 7.22. The molecule has 2 aliphatic rings. The Balaban J connectivity index is 1.46. The summed E-state index contributed by atoms with van der Waals surface area (Å²) in [5.74, 6) is 0.704. The first-order valence-electron chi connectivity index (χ1n) is 14.9. The number of hydrogen-bond donors (Lipinski definition) is 0. The molecule has 0 fully saturated rings. The van der Waals surface area contributed by atoms with Crippen molar-refractivity contribution in [2.75, 3.05) is 4.90 Å². The number of anilines is 3. The van der Waals surface area contributed by atoms with Crippen molar-refractivity contribution < 1.29 is 0 Å². The summed E-state index contributed by atoms with van der Waals surface area (Å²) < 4.78 is 0. The summed E-state index contributed by atoms with van der Waals surface area (Å²) >= 11 is 0. The van der Waals surface area contributed by atoms with Crippen molar-refractivity contribution in [3.63, 3.8) is 0 Å². The van der Waals surface area contributed by atoms with Crippen LogP contribution in [0.1, 0.15) is 22.4 Å². The molecule has 0 saturated heterocycles. The van der Waals surface area contributed by atoms with Crippen LogP contribution in [0.3, 0.4) is 0 Å². The maximum Gasteiger partial charge on any atom is 0.160 e. The van der Waals surface area contributed by atoms with Gasteiger partial charge >= 0.3 is 0 Å². The molecule has 7 aromatic rings. The summed E-state index contributed by atoms with van der Waals surface area (Å²) in [6.07, 6.45) is 3.72. The standard InChI is InChI=1S/C40H26N4/c1-3-14-27(15-4-1)39-42-37(28-16-13-25-41-26-28)36-30-19-7-8-20-31(30)40(38(36)43-39)32-21-9-11-23-34(32)44(29-17-5-2-6-18-29)35-24-12-10-22-33(35)40/h1-26H. The lowest BCUT2D eigenvalue weighted by molar-refractivity contribution is 0.723. The van der Waals surface area contributed by atoms with Gasteiger partial charge in [-0.05, 0) is 58.7 Å². The largest absolute Gasteiger partial charge is 0.310 e. The Labute approximate surface area is 256 Å². The molecule has 3 heterocycles. The molecule has 44 heavy (non-hydrogen) atoms. The molecule has 1 aliphatic heterocycles. The summed E-state index contributed by atoms with van der Waals surface area (Å²) in [4.78, 5) is 17.7. The van der Waals surface area contributed by atoms with Crippen LogP contribution in [0.25, 0.3) is 33.8 Å². The van der Waals surface area contributed by atoms with Gasteiger partial charge in [0.25, 0.3) is 0 Å². The summed E-state index contributed by atoms with van der Waals surface area (Å²) in [6.45, 7) is 0. The smallest absolute Gasteiger partial charge is 0.160 e. The van der Waals surface area contributed by atoms with E-state index in [9.17, 15) is 0 Å². The van der Waals surface area contributed by atoms with Crippen LogP contribution < -0.4 is 4.90 Å². The highest BCUT2D eigenvalue weighted by molar-refractivity contribution is 5.98. The van der Waals surface area contributed by atoms with Gasteiger partial charge in [-0.15, -0.1) is 0 Å². The zero-order valence-electron chi connectivity index (χ0n) is 23.8. The fraction of sp³-hybridized carbons (Fsp3) is 0.0250. The number of para-hydroxylation sites is 3. The summed E-state index contributed by atoms with van der Waals surface area (Å²) in [5, 5.41) is 0. The van der Waals surface area contributed by atoms with Crippen molar-refractivity contribution in [3.8, 4) is 33.8 Å². The Hall–Kier alpha value is -5.87. The molecule has 0 unspecified atom stereocenters. The van der Waals surface area contributed by atoms with Crippen molar-refractivity contribution in [1.82, 2.24) is 15.0 Å². The van der Waals surface area contributed by atoms with Crippen molar-refractivity contribution in [1.29, 1.82) is 0 Å². The second kappa shape index (κ2) is 9.58. The number of pyridine rings is 1. The molecule has 4 heteroatoms. The van der Waals surface area contributed by atoms with Crippen LogP contribution in [0, 0.1) is 0 Å². The normalized spacial score (nSPS) is 13.6. The predicted octanol–water partition coefficient (Wildman–Crippen LogP) is 9.35. The van der Waals surface area contributed by atoms with Crippen LogP contribution in [0.15, 0.2) is 158 Å². The van der Waals surface area contributed by atoms with Gasteiger partial charge < -0.3 is 4.90 Å². The summed E-state index contributed by atoms with van der Waals surface area (Å²) in [6, 6.07) is 51.4. The molecule has 0 atom stereocenters. The summed E-state index contributed by atoms with van der Waals surface area (Å²) in [5.41, 5.74) is 12.4. The molecule has 5 aromatic carbocycles. The van der Waals surface area contributed by atoms with E-state index in [1.165, 1.54) is 16.7 Å². The lowest BCUT2D eigenvalue weighted by Gasteiger charge is -2.44. The average Bonchev–Trinajstić information content (AvgIpc) is 3.40. The molecule has 2 aromatic heterocycles. The number of aromatic nitrogens is 3. The average molecular weight is 563 g/mol. The Morgan fingerprint density at radius 3 is 1.77 bits per heavy atom. The van der Waals surface area contributed by atoms with Crippen molar-refractivity contribution in [2.24, 2.45) is 0 Å². The quantitative estimate of drug-likeness (QED) is 0.215. The molecule has 206 valence electrons. The third kappa shape index (κ3) is 3.36. The number of benzene rings is 5. The van der Waals surface area contributed by atoms with E-state index in [2.05, 4.69) is 131 Å². The SMILES string of the molecule is c1ccc(-c2nc(-c3cccnc3)c3c(n2)C2(c4ccccc4-3)c3ccccc3N(c3ccccc3)c3ccccc32)cc1. The molecule has 1 spiro atoms. The van der Waals surface area contributed by atoms with Gasteiger partial charge in [0.2, 0.25) is 0 Å². The van der Waals surface area contributed by atoms with Crippen LogP contribution in [0.5, 0.6) is 0 Å². The van der Waals surface area contributed by atoms with E-state index >= 15 is 0 Å². The van der Waals surface area contributed by atoms with E-state index < -0.39 is 5.41 Å². The number of nitrogens with zero attached hydrogens (tertiary/aromatic N) is 4. The van der Waals surface area contributed by atoms with E-state index in [4.69, 9.17) is 9.97 Å². The molecular weight excluding hydrogens is 536 g/mol. The minimum Gasteiger partial charge on any atom is -0.310 e. The molecule has 0 radical (unpaired) electrons. The first kappa shape index (κ1) is 24.7. The van der Waals surface area contributed by atoms with E-state index in [1.54, 1.807) is 0 Å². The van der Waals surface area contributed by atoms with Crippen LogP contribution in [0.4, 0.5) is 17.1 Å². The Morgan fingerprint density at radius 2 is 1.09 bits per heavy atom. The number of hydrogen-bond acceptors (Lipinski definition) is 4. The molecular formula is C40H26N4. The third-order valence-corrected chi connectivity index (χ3v) is 8.94. The van der Waals surface area contributed by atoms with Gasteiger partial charge in [0.1, 0.15) is 0 Å². The highest BCUT2D eigenvalue weighted by Gasteiger charge is 2.54. The zero-order valence-corrected chi connectivity index (χ0v) is 23.8. The van der Waals surface area contributed by atoms with Crippen LogP contribution in [0.2, 0.25) is 0 Å². The highest BCUT2D eigenvalue weighted by atomic mass is 15.2. The minimum atomic E-state index is -0.659. The highest BCUT2D eigenvalue weighted by Crippen LogP contribution is 2.63. The van der Waals surface area contributed by atoms with E-state index in [0.717, 1.165) is 50.7 Å². The molecule has 0 saturated carbocycles. The molecule has 0 bridgehead atoms. The van der Waals surface area contributed by atoms with Gasteiger partial charge in [-0.3, -0.25) is 4.98 Å². The first-order chi connectivity index (χ1) is 21.9. The molecule has 1 aliphatic carbocycles. The maximum atomic E-state index is 5.55. The van der Waals surface area contributed by atoms with E-state index in [-0.39, 0.29) is 0 Å². The summed E-state index contributed by atoms with van der Waals surface area (Å²) in [7, 11) is 0. The monoisotopic (exact) mass is 562 g/mol. The minimum absolute atomic E-state index is 0.659. The van der Waals surface area contributed by atoms with Gasteiger partial charge in [-0.1, -0.05) is 109 Å². The van der Waals surface area contributed by atoms with Crippen LogP contribution in [-0.4, -0.2) is 15.0 Å².